The van der Waals surface area contributed by atoms with Gasteiger partial charge in [0.15, 0.2) is 0 Å². The number of fused-ring (bicyclic) bond motifs is 1. The van der Waals surface area contributed by atoms with Gasteiger partial charge in [-0.3, -0.25) is 4.98 Å². The lowest BCUT2D eigenvalue weighted by atomic mass is 10.0. The molecule has 1 saturated heterocycles. The second kappa shape index (κ2) is 7.27. The smallest absolute Gasteiger partial charge is 0.0766 e. The fourth-order valence-corrected chi connectivity index (χ4v) is 3.09. The highest BCUT2D eigenvalue weighted by atomic mass is 35.5. The van der Waals surface area contributed by atoms with Crippen LogP contribution < -0.4 is 4.90 Å². The fourth-order valence-electron chi connectivity index (χ4n) is 3.09. The molecule has 120 valence electrons. The Bertz CT molecular complexity index is 648. The summed E-state index contributed by atoms with van der Waals surface area (Å²) in [4.78, 5) is 6.83. The molecule has 0 saturated carbocycles. The zero-order valence-electron chi connectivity index (χ0n) is 13.1. The van der Waals surface area contributed by atoms with E-state index in [0.29, 0.717) is 6.10 Å². The largest absolute Gasteiger partial charge is 0.392 e. The van der Waals surface area contributed by atoms with Crippen LogP contribution in [0, 0.1) is 6.92 Å². The number of rotatable bonds is 4. The van der Waals surface area contributed by atoms with Gasteiger partial charge < -0.3 is 14.7 Å². The standard InChI is InChI=1S/C17H22N2O2.ClH/c1-3-21-14-5-7-19(10-14)17-4-6-18-16-9-13(11-20)12(2)8-15(16)17;/h4,6,8-9,14,20H,3,5,7,10-11H2,1-2H3;1H/t14-;/m0./s1. The molecule has 0 unspecified atom stereocenters. The van der Waals surface area contributed by atoms with Gasteiger partial charge in [0.2, 0.25) is 0 Å². The van der Waals surface area contributed by atoms with Gasteiger partial charge in [-0.15, -0.1) is 12.4 Å². The number of anilines is 1. The molecule has 1 aromatic heterocycles. The van der Waals surface area contributed by atoms with Crippen LogP contribution in [0.25, 0.3) is 10.9 Å². The second-order valence-corrected chi connectivity index (χ2v) is 5.60. The molecule has 1 N–H and O–H groups in total. The van der Waals surface area contributed by atoms with Crippen molar-refractivity contribution in [2.75, 3.05) is 24.6 Å². The molecule has 2 heterocycles. The number of aryl methyl sites for hydroxylation is 1. The number of halogens is 1. The minimum Gasteiger partial charge on any atom is -0.392 e. The van der Waals surface area contributed by atoms with Crippen LogP contribution in [0.2, 0.25) is 0 Å². The highest BCUT2D eigenvalue weighted by molar-refractivity contribution is 5.92. The van der Waals surface area contributed by atoms with Crippen LogP contribution in [0.5, 0.6) is 0 Å². The normalized spacial score (nSPS) is 17.8. The van der Waals surface area contributed by atoms with Gasteiger partial charge in [0, 0.05) is 37.0 Å². The molecule has 22 heavy (non-hydrogen) atoms. The number of aliphatic hydroxyl groups is 1. The Hall–Kier alpha value is -1.36. The van der Waals surface area contributed by atoms with Gasteiger partial charge in [-0.25, -0.2) is 0 Å². The number of hydrogen-bond donors (Lipinski definition) is 1. The third kappa shape index (κ3) is 3.19. The van der Waals surface area contributed by atoms with Crippen LogP contribution in [0.15, 0.2) is 24.4 Å². The predicted octanol–water partition coefficient (Wildman–Crippen LogP) is 3.07. The molecule has 0 aliphatic carbocycles. The third-order valence-electron chi connectivity index (χ3n) is 4.23. The molecule has 0 radical (unpaired) electrons. The fraction of sp³-hybridized carbons (Fsp3) is 0.471. The SMILES string of the molecule is CCO[C@H]1CCN(c2ccnc3cc(CO)c(C)cc23)C1.Cl. The molecular formula is C17H23ClN2O2. The molecular weight excluding hydrogens is 300 g/mol. The maximum Gasteiger partial charge on any atom is 0.0766 e. The van der Waals surface area contributed by atoms with Crippen molar-refractivity contribution in [1.29, 1.82) is 0 Å². The number of aromatic nitrogens is 1. The maximum absolute atomic E-state index is 9.40. The lowest BCUT2D eigenvalue weighted by molar-refractivity contribution is 0.0788. The molecule has 1 aliphatic heterocycles. The lowest BCUT2D eigenvalue weighted by Crippen LogP contribution is -2.23. The summed E-state index contributed by atoms with van der Waals surface area (Å²) in [7, 11) is 0. The van der Waals surface area contributed by atoms with Crippen LogP contribution in [0.1, 0.15) is 24.5 Å². The van der Waals surface area contributed by atoms with Crippen LogP contribution in [-0.4, -0.2) is 35.9 Å². The molecule has 2 aromatic rings. The minimum absolute atomic E-state index is 0. The summed E-state index contributed by atoms with van der Waals surface area (Å²) in [5.41, 5.74) is 4.22. The Morgan fingerprint density at radius 1 is 1.41 bits per heavy atom. The van der Waals surface area contributed by atoms with Gasteiger partial charge in [0.25, 0.3) is 0 Å². The summed E-state index contributed by atoms with van der Waals surface area (Å²) in [6.45, 7) is 6.87. The third-order valence-corrected chi connectivity index (χ3v) is 4.23. The summed E-state index contributed by atoms with van der Waals surface area (Å²) in [6, 6.07) is 6.20. The minimum atomic E-state index is 0. The van der Waals surface area contributed by atoms with E-state index in [4.69, 9.17) is 4.74 Å². The molecule has 1 aromatic carbocycles. The first-order valence-corrected chi connectivity index (χ1v) is 7.58. The molecule has 4 nitrogen and oxygen atoms in total. The first-order chi connectivity index (χ1) is 10.2. The van der Waals surface area contributed by atoms with Crippen molar-refractivity contribution in [3.63, 3.8) is 0 Å². The van der Waals surface area contributed by atoms with Crippen molar-refractivity contribution >= 4 is 29.0 Å². The van der Waals surface area contributed by atoms with Gasteiger partial charge in [-0.05, 0) is 49.6 Å². The van der Waals surface area contributed by atoms with E-state index in [9.17, 15) is 5.11 Å². The van der Waals surface area contributed by atoms with E-state index in [1.165, 1.54) is 5.69 Å². The molecule has 0 bridgehead atoms. The number of pyridine rings is 1. The Morgan fingerprint density at radius 3 is 2.95 bits per heavy atom. The summed E-state index contributed by atoms with van der Waals surface area (Å²) < 4.78 is 5.74. The first-order valence-electron chi connectivity index (χ1n) is 7.58. The van der Waals surface area contributed by atoms with Gasteiger partial charge >= 0.3 is 0 Å². The van der Waals surface area contributed by atoms with Gasteiger partial charge in [0.05, 0.1) is 18.2 Å². The Labute approximate surface area is 137 Å². The highest BCUT2D eigenvalue weighted by Gasteiger charge is 2.24. The van der Waals surface area contributed by atoms with Crippen molar-refractivity contribution < 1.29 is 9.84 Å². The molecule has 3 rings (SSSR count). The Balaban J connectivity index is 0.00000176. The highest BCUT2D eigenvalue weighted by Crippen LogP contribution is 2.30. The monoisotopic (exact) mass is 322 g/mol. The van der Waals surface area contributed by atoms with Crippen LogP contribution in [0.3, 0.4) is 0 Å². The molecule has 1 aliphatic rings. The van der Waals surface area contributed by atoms with Crippen molar-refractivity contribution in [1.82, 2.24) is 4.98 Å². The molecule has 1 fully saturated rings. The topological polar surface area (TPSA) is 45.6 Å². The van der Waals surface area contributed by atoms with Crippen LogP contribution in [0.4, 0.5) is 5.69 Å². The van der Waals surface area contributed by atoms with Crippen LogP contribution >= 0.6 is 12.4 Å². The predicted molar refractivity (Wildman–Crippen MR) is 91.9 cm³/mol. The van der Waals surface area contributed by atoms with E-state index in [0.717, 1.165) is 48.1 Å². The average molecular weight is 323 g/mol. The van der Waals surface area contributed by atoms with Crippen molar-refractivity contribution in [3.8, 4) is 0 Å². The van der Waals surface area contributed by atoms with Crippen molar-refractivity contribution in [2.45, 2.75) is 33.0 Å². The number of benzene rings is 1. The van der Waals surface area contributed by atoms with E-state index in [1.54, 1.807) is 0 Å². The number of ether oxygens (including phenoxy) is 1. The van der Waals surface area contributed by atoms with E-state index in [1.807, 2.05) is 26.1 Å². The van der Waals surface area contributed by atoms with Crippen molar-refractivity contribution in [2.24, 2.45) is 0 Å². The summed E-state index contributed by atoms with van der Waals surface area (Å²) >= 11 is 0. The number of nitrogens with zero attached hydrogens (tertiary/aromatic N) is 2. The summed E-state index contributed by atoms with van der Waals surface area (Å²) in [5.74, 6) is 0. The zero-order chi connectivity index (χ0) is 14.8. The van der Waals surface area contributed by atoms with E-state index >= 15 is 0 Å². The van der Waals surface area contributed by atoms with E-state index in [-0.39, 0.29) is 19.0 Å². The summed E-state index contributed by atoms with van der Waals surface area (Å²) in [5, 5.41) is 10.6. The van der Waals surface area contributed by atoms with Gasteiger partial charge in [-0.1, -0.05) is 0 Å². The van der Waals surface area contributed by atoms with Gasteiger partial charge in [-0.2, -0.15) is 0 Å². The molecule has 0 amide bonds. The van der Waals surface area contributed by atoms with Crippen molar-refractivity contribution in [3.05, 3.63) is 35.5 Å². The molecule has 5 heteroatoms. The van der Waals surface area contributed by atoms with Gasteiger partial charge in [0.1, 0.15) is 0 Å². The lowest BCUT2D eigenvalue weighted by Gasteiger charge is -2.21. The van der Waals surface area contributed by atoms with Crippen LogP contribution in [-0.2, 0) is 11.3 Å². The quantitative estimate of drug-likeness (QED) is 0.939. The zero-order valence-corrected chi connectivity index (χ0v) is 13.9. The molecule has 0 spiro atoms. The maximum atomic E-state index is 9.40. The second-order valence-electron chi connectivity index (χ2n) is 5.60. The average Bonchev–Trinajstić information content (AvgIpc) is 2.95. The number of aliphatic hydroxyl groups excluding tert-OH is 1. The Kier molecular flexibility index (Phi) is 5.62. The molecule has 1 atom stereocenters. The number of hydrogen-bond acceptors (Lipinski definition) is 4. The van der Waals surface area contributed by atoms with E-state index < -0.39 is 0 Å². The summed E-state index contributed by atoms with van der Waals surface area (Å²) in [6.07, 6.45) is 3.25. The Morgan fingerprint density at radius 2 is 2.23 bits per heavy atom. The van der Waals surface area contributed by atoms with E-state index in [2.05, 4.69) is 22.0 Å². The first kappa shape index (κ1) is 17.0.